The van der Waals surface area contributed by atoms with E-state index in [0.717, 1.165) is 0 Å². The maximum absolute atomic E-state index is 11.1. The van der Waals surface area contributed by atoms with E-state index in [2.05, 4.69) is 15.5 Å². The number of amides is 1. The summed E-state index contributed by atoms with van der Waals surface area (Å²) in [6.07, 6.45) is 3.06. The smallest absolute Gasteiger partial charge is 0.269 e. The van der Waals surface area contributed by atoms with Gasteiger partial charge in [-0.25, -0.2) is 0 Å². The number of carbonyl (C=O) groups is 1. The zero-order valence-electron chi connectivity index (χ0n) is 8.16. The summed E-state index contributed by atoms with van der Waals surface area (Å²) in [7, 11) is 0. The van der Waals surface area contributed by atoms with Gasteiger partial charge in [-0.15, -0.1) is 0 Å². The van der Waals surface area contributed by atoms with Gasteiger partial charge in [0.15, 0.2) is 0 Å². The van der Waals surface area contributed by atoms with Gasteiger partial charge in [-0.2, -0.15) is 0 Å². The first-order valence-corrected chi connectivity index (χ1v) is 4.32. The molecule has 0 bridgehead atoms. The summed E-state index contributed by atoms with van der Waals surface area (Å²) in [6.45, 7) is 1.72. The van der Waals surface area contributed by atoms with Crippen LogP contribution in [0.5, 0.6) is 0 Å². The van der Waals surface area contributed by atoms with Crippen molar-refractivity contribution in [3.8, 4) is 0 Å². The molecule has 0 spiro atoms. The highest BCUT2D eigenvalue weighted by Gasteiger charge is 1.94. The number of hydrogen-bond donors (Lipinski definition) is 3. The lowest BCUT2D eigenvalue weighted by molar-refractivity contribution is -0.118. The Balaban J connectivity index is 2.72. The number of aromatic amines is 2. The third-order valence-corrected chi connectivity index (χ3v) is 1.61. The molecule has 0 fully saturated rings. The number of nitrogens with one attached hydrogen (secondary N) is 3. The summed E-state index contributed by atoms with van der Waals surface area (Å²) in [5, 5.41) is 6.86. The van der Waals surface area contributed by atoms with Crippen LogP contribution in [0.15, 0.2) is 21.7 Å². The van der Waals surface area contributed by atoms with Gasteiger partial charge in [-0.3, -0.25) is 24.6 Å². The maximum atomic E-state index is 11.1. The van der Waals surface area contributed by atoms with Gasteiger partial charge < -0.3 is 5.32 Å². The van der Waals surface area contributed by atoms with Crippen LogP contribution in [0.2, 0.25) is 0 Å². The summed E-state index contributed by atoms with van der Waals surface area (Å²) >= 11 is 0. The predicted octanol–water partition coefficient (Wildman–Crippen LogP) is -0.787. The van der Waals surface area contributed by atoms with Gasteiger partial charge in [0.1, 0.15) is 0 Å². The van der Waals surface area contributed by atoms with Gasteiger partial charge in [0.2, 0.25) is 5.91 Å². The van der Waals surface area contributed by atoms with Crippen LogP contribution in [-0.4, -0.2) is 22.6 Å². The zero-order chi connectivity index (χ0) is 11.3. The topological polar surface area (TPSA) is 94.8 Å². The standard InChI is InChI=1S/C9H11N3O3/c1-6(13)10-4-2-3-7-5-8(14)11-12-9(7)15/h2-3,5H,4H2,1H3,(H,10,13)(H,11,14)(H,12,15). The van der Waals surface area contributed by atoms with Crippen molar-refractivity contribution < 1.29 is 4.79 Å². The predicted molar refractivity (Wildman–Crippen MR) is 55.4 cm³/mol. The van der Waals surface area contributed by atoms with Crippen LogP contribution in [0.1, 0.15) is 12.5 Å². The molecule has 3 N–H and O–H groups in total. The van der Waals surface area contributed by atoms with E-state index in [4.69, 9.17) is 0 Å². The summed E-state index contributed by atoms with van der Waals surface area (Å²) in [6, 6.07) is 1.18. The van der Waals surface area contributed by atoms with E-state index in [9.17, 15) is 14.4 Å². The molecule has 1 aromatic heterocycles. The van der Waals surface area contributed by atoms with Crippen molar-refractivity contribution in [1.29, 1.82) is 0 Å². The highest BCUT2D eigenvalue weighted by molar-refractivity contribution is 5.73. The van der Waals surface area contributed by atoms with Crippen LogP contribution >= 0.6 is 0 Å². The van der Waals surface area contributed by atoms with E-state index >= 15 is 0 Å². The molecule has 1 aromatic rings. The largest absolute Gasteiger partial charge is 0.353 e. The first kappa shape index (κ1) is 11.0. The highest BCUT2D eigenvalue weighted by atomic mass is 16.2. The van der Waals surface area contributed by atoms with Crippen LogP contribution in [0.3, 0.4) is 0 Å². The summed E-state index contributed by atoms with van der Waals surface area (Å²) in [5.74, 6) is -0.153. The molecule has 0 atom stereocenters. The van der Waals surface area contributed by atoms with Crippen LogP contribution in [0.25, 0.3) is 6.08 Å². The summed E-state index contributed by atoms with van der Waals surface area (Å²) in [5.41, 5.74) is -0.508. The van der Waals surface area contributed by atoms with E-state index < -0.39 is 0 Å². The Bertz CT molecular complexity index is 484. The van der Waals surface area contributed by atoms with E-state index in [0.29, 0.717) is 6.54 Å². The quantitative estimate of drug-likeness (QED) is 0.609. The Labute approximate surface area is 85.0 Å². The Kier molecular flexibility index (Phi) is 3.61. The lowest BCUT2D eigenvalue weighted by Gasteiger charge is -1.94. The number of aromatic nitrogens is 2. The molecule has 80 valence electrons. The second-order valence-electron chi connectivity index (χ2n) is 2.88. The van der Waals surface area contributed by atoms with Crippen LogP contribution < -0.4 is 16.4 Å². The summed E-state index contributed by atoms with van der Waals surface area (Å²) < 4.78 is 0. The molecule has 0 aromatic carbocycles. The first-order valence-electron chi connectivity index (χ1n) is 4.32. The Hall–Kier alpha value is -2.11. The number of H-pyrrole nitrogens is 2. The van der Waals surface area contributed by atoms with Gasteiger partial charge in [0.25, 0.3) is 11.1 Å². The van der Waals surface area contributed by atoms with Crippen LogP contribution in [0.4, 0.5) is 0 Å². The number of carbonyl (C=O) groups excluding carboxylic acids is 1. The van der Waals surface area contributed by atoms with Crippen molar-refractivity contribution in [3.63, 3.8) is 0 Å². The van der Waals surface area contributed by atoms with Crippen LogP contribution in [0, 0.1) is 0 Å². The molecule has 0 radical (unpaired) electrons. The van der Waals surface area contributed by atoms with E-state index in [1.54, 1.807) is 6.08 Å². The van der Waals surface area contributed by atoms with E-state index in [1.807, 2.05) is 0 Å². The van der Waals surface area contributed by atoms with Gasteiger partial charge in [0.05, 0.1) is 0 Å². The van der Waals surface area contributed by atoms with Crippen molar-refractivity contribution >= 4 is 12.0 Å². The minimum absolute atomic E-state index is 0.153. The van der Waals surface area contributed by atoms with Gasteiger partial charge in [-0.05, 0) is 0 Å². The van der Waals surface area contributed by atoms with Gasteiger partial charge >= 0.3 is 0 Å². The van der Waals surface area contributed by atoms with Crippen molar-refractivity contribution in [2.45, 2.75) is 6.92 Å². The molecular weight excluding hydrogens is 198 g/mol. The SMILES string of the molecule is CC(=O)NCC=Cc1cc(=O)[nH][nH]c1=O. The molecule has 0 aliphatic heterocycles. The van der Waals surface area contributed by atoms with Crippen LogP contribution in [-0.2, 0) is 4.79 Å². The molecule has 1 rings (SSSR count). The Morgan fingerprint density at radius 3 is 2.87 bits per heavy atom. The maximum Gasteiger partial charge on any atom is 0.269 e. The minimum Gasteiger partial charge on any atom is -0.353 e. The van der Waals surface area contributed by atoms with Gasteiger partial charge in [0, 0.05) is 25.1 Å². The highest BCUT2D eigenvalue weighted by Crippen LogP contribution is 1.87. The second-order valence-corrected chi connectivity index (χ2v) is 2.88. The lowest BCUT2D eigenvalue weighted by Crippen LogP contribution is -2.21. The fourth-order valence-electron chi connectivity index (χ4n) is 0.946. The molecular formula is C9H11N3O3. The molecule has 15 heavy (non-hydrogen) atoms. The average molecular weight is 209 g/mol. The third kappa shape index (κ3) is 3.63. The first-order chi connectivity index (χ1) is 7.09. The minimum atomic E-state index is -0.381. The van der Waals surface area contributed by atoms with Crippen molar-refractivity contribution in [2.75, 3.05) is 6.54 Å². The van der Waals surface area contributed by atoms with E-state index in [1.165, 1.54) is 19.1 Å². The fourth-order valence-corrected chi connectivity index (χ4v) is 0.946. The molecule has 0 saturated carbocycles. The van der Waals surface area contributed by atoms with Crippen molar-refractivity contribution in [2.24, 2.45) is 0 Å². The normalized spacial score (nSPS) is 10.5. The molecule has 0 unspecified atom stereocenters. The molecule has 1 heterocycles. The molecule has 0 aliphatic rings. The Morgan fingerprint density at radius 2 is 2.20 bits per heavy atom. The summed E-state index contributed by atoms with van der Waals surface area (Å²) in [4.78, 5) is 32.5. The Morgan fingerprint density at radius 1 is 1.47 bits per heavy atom. The zero-order valence-corrected chi connectivity index (χ0v) is 8.16. The molecule has 1 amide bonds. The second kappa shape index (κ2) is 4.94. The molecule has 6 heteroatoms. The molecule has 0 aliphatic carbocycles. The number of hydrogen-bond acceptors (Lipinski definition) is 3. The van der Waals surface area contributed by atoms with Gasteiger partial charge in [-0.1, -0.05) is 12.2 Å². The van der Waals surface area contributed by atoms with Crippen molar-refractivity contribution in [3.05, 3.63) is 38.4 Å². The fraction of sp³-hybridized carbons (Fsp3) is 0.222. The monoisotopic (exact) mass is 209 g/mol. The van der Waals surface area contributed by atoms with Crippen molar-refractivity contribution in [1.82, 2.24) is 15.5 Å². The lowest BCUT2D eigenvalue weighted by atomic mass is 10.3. The van der Waals surface area contributed by atoms with E-state index in [-0.39, 0.29) is 22.6 Å². The molecule has 6 nitrogen and oxygen atoms in total. The number of rotatable bonds is 3. The third-order valence-electron chi connectivity index (χ3n) is 1.61. The average Bonchev–Trinajstić information content (AvgIpc) is 2.17. The molecule has 0 saturated heterocycles.